The summed E-state index contributed by atoms with van der Waals surface area (Å²) in [5, 5.41) is 12.9. The summed E-state index contributed by atoms with van der Waals surface area (Å²) < 4.78 is 5.12. The molecule has 0 aliphatic rings. The maximum atomic E-state index is 11.5. The Kier molecular flexibility index (Phi) is 4.24. The van der Waals surface area contributed by atoms with Gasteiger partial charge in [0, 0.05) is 6.04 Å². The van der Waals surface area contributed by atoms with E-state index in [-0.39, 0.29) is 24.5 Å². The lowest BCUT2D eigenvalue weighted by atomic mass is 10.3. The molecule has 0 saturated carbocycles. The van der Waals surface area contributed by atoms with Crippen molar-refractivity contribution in [1.29, 1.82) is 0 Å². The molecule has 16 heavy (non-hydrogen) atoms. The number of aromatic nitrogens is 2. The Balaban J connectivity index is 2.50. The summed E-state index contributed by atoms with van der Waals surface area (Å²) in [5.41, 5.74) is 5.32. The van der Waals surface area contributed by atoms with Crippen molar-refractivity contribution in [3.05, 3.63) is 5.89 Å². The van der Waals surface area contributed by atoms with Crippen LogP contribution in [0.2, 0.25) is 0 Å². The summed E-state index contributed by atoms with van der Waals surface area (Å²) >= 11 is 0. The summed E-state index contributed by atoms with van der Waals surface area (Å²) in [4.78, 5) is 11.5. The summed E-state index contributed by atoms with van der Waals surface area (Å²) in [7, 11) is 0. The van der Waals surface area contributed by atoms with Crippen LogP contribution in [0.4, 0.5) is 6.01 Å². The first-order valence-corrected chi connectivity index (χ1v) is 5.12. The Hall–Kier alpha value is -1.63. The monoisotopic (exact) mass is 227 g/mol. The minimum absolute atomic E-state index is 0.0963. The summed E-state index contributed by atoms with van der Waals surface area (Å²) in [5.74, 6) is 0.210. The van der Waals surface area contributed by atoms with E-state index in [1.165, 1.54) is 0 Å². The number of hydrogen-bond acceptors (Lipinski definition) is 6. The minimum Gasteiger partial charge on any atom is -0.407 e. The van der Waals surface area contributed by atoms with Crippen LogP contribution >= 0.6 is 0 Å². The Bertz CT molecular complexity index is 349. The van der Waals surface area contributed by atoms with E-state index in [9.17, 15) is 4.79 Å². The number of hydrogen-bond donors (Lipinski definition) is 3. The highest BCUT2D eigenvalue weighted by Gasteiger charge is 2.15. The van der Waals surface area contributed by atoms with Gasteiger partial charge < -0.3 is 20.8 Å². The third kappa shape index (κ3) is 3.50. The quantitative estimate of drug-likeness (QED) is 0.646. The van der Waals surface area contributed by atoms with Gasteiger partial charge in [-0.25, -0.2) is 0 Å². The van der Waals surface area contributed by atoms with Crippen molar-refractivity contribution in [2.75, 3.05) is 5.32 Å². The lowest BCUT2D eigenvalue weighted by Gasteiger charge is -2.14. The van der Waals surface area contributed by atoms with Crippen LogP contribution in [0.15, 0.2) is 4.42 Å². The largest absolute Gasteiger partial charge is 0.407 e. The number of anilines is 1. The number of rotatable bonds is 5. The molecule has 4 N–H and O–H groups in total. The highest BCUT2D eigenvalue weighted by atomic mass is 16.4. The van der Waals surface area contributed by atoms with Crippen molar-refractivity contribution in [2.45, 2.75) is 39.4 Å². The SMILES string of the molecule is CC(C)NC(=O)C(C)Nc1nnc(CN)o1. The zero-order valence-electron chi connectivity index (χ0n) is 9.65. The van der Waals surface area contributed by atoms with E-state index in [0.29, 0.717) is 5.89 Å². The number of amides is 1. The standard InChI is InChI=1S/C9H17N5O2/c1-5(2)11-8(15)6(3)12-9-14-13-7(4-10)16-9/h5-6H,4,10H2,1-3H3,(H,11,15)(H,12,14). The Morgan fingerprint density at radius 1 is 1.44 bits per heavy atom. The van der Waals surface area contributed by atoms with Gasteiger partial charge in [-0.2, -0.15) is 0 Å². The molecule has 0 fully saturated rings. The average Bonchev–Trinajstić information content (AvgIpc) is 2.64. The van der Waals surface area contributed by atoms with E-state index in [1.54, 1.807) is 6.92 Å². The van der Waals surface area contributed by atoms with Gasteiger partial charge in [-0.3, -0.25) is 4.79 Å². The van der Waals surface area contributed by atoms with E-state index in [0.717, 1.165) is 0 Å². The Morgan fingerprint density at radius 2 is 2.12 bits per heavy atom. The molecule has 7 heteroatoms. The predicted molar refractivity (Wildman–Crippen MR) is 58.6 cm³/mol. The van der Waals surface area contributed by atoms with Crippen LogP contribution in [0.5, 0.6) is 0 Å². The van der Waals surface area contributed by atoms with Gasteiger partial charge in [0.1, 0.15) is 6.04 Å². The number of carbonyl (C=O) groups is 1. The van der Waals surface area contributed by atoms with Crippen molar-refractivity contribution in [2.24, 2.45) is 5.73 Å². The van der Waals surface area contributed by atoms with Crippen LogP contribution in [0.1, 0.15) is 26.7 Å². The van der Waals surface area contributed by atoms with Crippen molar-refractivity contribution >= 4 is 11.9 Å². The van der Waals surface area contributed by atoms with Crippen LogP contribution in [-0.2, 0) is 11.3 Å². The van der Waals surface area contributed by atoms with Gasteiger partial charge in [-0.1, -0.05) is 5.10 Å². The number of nitrogens with zero attached hydrogens (tertiary/aromatic N) is 2. The lowest BCUT2D eigenvalue weighted by Crippen LogP contribution is -2.41. The molecule has 90 valence electrons. The fourth-order valence-corrected chi connectivity index (χ4v) is 1.05. The molecule has 1 heterocycles. The Morgan fingerprint density at radius 3 is 2.62 bits per heavy atom. The molecule has 0 saturated heterocycles. The van der Waals surface area contributed by atoms with Crippen LogP contribution in [0, 0.1) is 0 Å². The molecule has 0 aliphatic heterocycles. The molecule has 0 aliphatic carbocycles. The molecule has 0 aromatic carbocycles. The van der Waals surface area contributed by atoms with E-state index >= 15 is 0 Å². The molecule has 0 bridgehead atoms. The number of carbonyl (C=O) groups excluding carboxylic acids is 1. The second-order valence-corrected chi connectivity index (χ2v) is 3.73. The third-order valence-corrected chi connectivity index (χ3v) is 1.81. The highest BCUT2D eigenvalue weighted by molar-refractivity contribution is 5.83. The van der Waals surface area contributed by atoms with Crippen LogP contribution < -0.4 is 16.4 Å². The smallest absolute Gasteiger partial charge is 0.316 e. The fourth-order valence-electron chi connectivity index (χ4n) is 1.05. The van der Waals surface area contributed by atoms with Gasteiger partial charge in [-0.15, -0.1) is 5.10 Å². The first-order valence-electron chi connectivity index (χ1n) is 5.12. The molecular weight excluding hydrogens is 210 g/mol. The molecule has 0 radical (unpaired) electrons. The average molecular weight is 227 g/mol. The topological polar surface area (TPSA) is 106 Å². The van der Waals surface area contributed by atoms with Crippen molar-refractivity contribution < 1.29 is 9.21 Å². The first kappa shape index (κ1) is 12.4. The zero-order valence-corrected chi connectivity index (χ0v) is 9.65. The zero-order chi connectivity index (χ0) is 12.1. The molecule has 1 rings (SSSR count). The van der Waals surface area contributed by atoms with Gasteiger partial charge >= 0.3 is 6.01 Å². The van der Waals surface area contributed by atoms with Crippen molar-refractivity contribution in [3.63, 3.8) is 0 Å². The van der Waals surface area contributed by atoms with Crippen LogP contribution in [0.3, 0.4) is 0 Å². The fraction of sp³-hybridized carbons (Fsp3) is 0.667. The maximum absolute atomic E-state index is 11.5. The molecule has 1 atom stereocenters. The molecule has 1 aromatic rings. The van der Waals surface area contributed by atoms with E-state index in [1.807, 2.05) is 13.8 Å². The third-order valence-electron chi connectivity index (χ3n) is 1.81. The van der Waals surface area contributed by atoms with Crippen molar-refractivity contribution in [1.82, 2.24) is 15.5 Å². The second kappa shape index (κ2) is 5.45. The van der Waals surface area contributed by atoms with Gasteiger partial charge in [0.2, 0.25) is 11.8 Å². The van der Waals surface area contributed by atoms with Gasteiger partial charge in [0.05, 0.1) is 6.54 Å². The summed E-state index contributed by atoms with van der Waals surface area (Å²) in [6, 6.07) is -0.139. The Labute approximate surface area is 93.8 Å². The molecular formula is C9H17N5O2. The van der Waals surface area contributed by atoms with Gasteiger partial charge in [0.15, 0.2) is 0 Å². The predicted octanol–water partition coefficient (Wildman–Crippen LogP) is -0.147. The molecule has 7 nitrogen and oxygen atoms in total. The number of nitrogens with two attached hydrogens (primary N) is 1. The molecule has 1 aromatic heterocycles. The maximum Gasteiger partial charge on any atom is 0.316 e. The van der Waals surface area contributed by atoms with E-state index in [2.05, 4.69) is 20.8 Å². The van der Waals surface area contributed by atoms with Crippen LogP contribution in [0.25, 0.3) is 0 Å². The second-order valence-electron chi connectivity index (χ2n) is 3.73. The van der Waals surface area contributed by atoms with E-state index < -0.39 is 6.04 Å². The summed E-state index contributed by atoms with van der Waals surface area (Å²) in [6.45, 7) is 5.68. The van der Waals surface area contributed by atoms with Gasteiger partial charge in [0.25, 0.3) is 0 Å². The van der Waals surface area contributed by atoms with Gasteiger partial charge in [-0.05, 0) is 20.8 Å². The molecule has 1 unspecified atom stereocenters. The minimum atomic E-state index is -0.437. The first-order chi connectivity index (χ1) is 7.52. The highest BCUT2D eigenvalue weighted by Crippen LogP contribution is 2.06. The van der Waals surface area contributed by atoms with Crippen LogP contribution in [-0.4, -0.2) is 28.2 Å². The molecule has 0 spiro atoms. The number of nitrogens with one attached hydrogen (secondary N) is 2. The van der Waals surface area contributed by atoms with Crippen molar-refractivity contribution in [3.8, 4) is 0 Å². The summed E-state index contributed by atoms with van der Waals surface area (Å²) in [6.07, 6.45) is 0. The molecule has 1 amide bonds. The normalized spacial score (nSPS) is 12.6. The lowest BCUT2D eigenvalue weighted by molar-refractivity contribution is -0.122. The van der Waals surface area contributed by atoms with E-state index in [4.69, 9.17) is 10.2 Å².